The maximum absolute atomic E-state index is 12.1. The van der Waals surface area contributed by atoms with Crippen LogP contribution in [0.2, 0.25) is 0 Å². The molecule has 5 nitrogen and oxygen atoms in total. The maximum Gasteiger partial charge on any atom is 0.251 e. The Kier molecular flexibility index (Phi) is 4.72. The number of H-pyrrole nitrogens is 1. The first kappa shape index (κ1) is 16.2. The van der Waals surface area contributed by atoms with Gasteiger partial charge in [0.1, 0.15) is 5.69 Å². The Balaban J connectivity index is 1.56. The van der Waals surface area contributed by atoms with Crippen LogP contribution in [0.25, 0.3) is 11.5 Å². The van der Waals surface area contributed by atoms with E-state index in [1.54, 1.807) is 23.6 Å². The lowest BCUT2D eigenvalue weighted by molar-refractivity contribution is 0.200. The molecule has 3 aromatic rings. The van der Waals surface area contributed by atoms with Crippen molar-refractivity contribution in [2.24, 2.45) is 0 Å². The number of pyridine rings is 1. The molecule has 1 N–H and O–H groups in total. The van der Waals surface area contributed by atoms with Crippen LogP contribution >= 0.6 is 11.3 Å². The Morgan fingerprint density at radius 2 is 2.24 bits per heavy atom. The molecule has 1 aliphatic heterocycles. The molecule has 0 aliphatic carbocycles. The number of nitrogens with one attached hydrogen (secondary N) is 1. The average molecular weight is 352 g/mol. The molecule has 1 atom stereocenters. The quantitative estimate of drug-likeness (QED) is 0.783. The van der Waals surface area contributed by atoms with E-state index in [1.165, 1.54) is 4.88 Å². The molecule has 25 heavy (non-hydrogen) atoms. The molecular formula is C19H20N4OS. The molecule has 4 heterocycles. The molecule has 128 valence electrons. The van der Waals surface area contributed by atoms with Crippen molar-refractivity contribution >= 4 is 11.3 Å². The molecule has 0 radical (unpaired) electrons. The molecule has 0 aromatic carbocycles. The minimum Gasteiger partial charge on any atom is -0.305 e. The van der Waals surface area contributed by atoms with Crippen LogP contribution in [0, 0.1) is 0 Å². The summed E-state index contributed by atoms with van der Waals surface area (Å²) in [5, 5.41) is 2.12. The highest BCUT2D eigenvalue weighted by Gasteiger charge is 2.23. The van der Waals surface area contributed by atoms with Gasteiger partial charge in [0.25, 0.3) is 5.56 Å². The summed E-state index contributed by atoms with van der Waals surface area (Å²) in [6.07, 6.45) is 3.91. The molecule has 6 heteroatoms. The van der Waals surface area contributed by atoms with E-state index in [1.807, 2.05) is 18.2 Å². The third kappa shape index (κ3) is 3.86. The van der Waals surface area contributed by atoms with Crippen LogP contribution in [0.15, 0.2) is 52.8 Å². The predicted molar refractivity (Wildman–Crippen MR) is 99.7 cm³/mol. The highest BCUT2D eigenvalue weighted by molar-refractivity contribution is 7.09. The number of thiophene rings is 1. The van der Waals surface area contributed by atoms with Gasteiger partial charge in [-0.05, 0) is 43.0 Å². The van der Waals surface area contributed by atoms with Crippen LogP contribution in [-0.2, 0) is 6.54 Å². The summed E-state index contributed by atoms with van der Waals surface area (Å²) in [4.78, 5) is 27.8. The van der Waals surface area contributed by atoms with Crippen molar-refractivity contribution in [3.8, 4) is 11.5 Å². The Hall–Kier alpha value is -2.31. The molecule has 0 bridgehead atoms. The molecule has 0 amide bonds. The van der Waals surface area contributed by atoms with Gasteiger partial charge in [0.15, 0.2) is 5.82 Å². The Morgan fingerprint density at radius 1 is 1.28 bits per heavy atom. The van der Waals surface area contributed by atoms with Crippen molar-refractivity contribution in [3.05, 3.63) is 68.9 Å². The SMILES string of the molecule is O=c1cc(C2CCCN(Cc3cccs3)C2)nc(-c2ccccn2)[nH]1. The van der Waals surface area contributed by atoms with Crippen molar-refractivity contribution in [3.63, 3.8) is 0 Å². The Labute approximate surface area is 150 Å². The van der Waals surface area contributed by atoms with Crippen LogP contribution in [0.4, 0.5) is 0 Å². The molecule has 1 saturated heterocycles. The van der Waals surface area contributed by atoms with Crippen LogP contribution in [-0.4, -0.2) is 32.9 Å². The van der Waals surface area contributed by atoms with E-state index in [9.17, 15) is 4.79 Å². The molecule has 4 rings (SSSR count). The fraction of sp³-hybridized carbons (Fsp3) is 0.316. The van der Waals surface area contributed by atoms with Crippen LogP contribution in [0.3, 0.4) is 0 Å². The second-order valence-electron chi connectivity index (χ2n) is 6.39. The van der Waals surface area contributed by atoms with Crippen molar-refractivity contribution < 1.29 is 0 Å². The van der Waals surface area contributed by atoms with Crippen molar-refractivity contribution in [2.45, 2.75) is 25.3 Å². The first-order valence-electron chi connectivity index (χ1n) is 8.55. The molecule has 0 spiro atoms. The van der Waals surface area contributed by atoms with E-state index in [0.29, 0.717) is 17.4 Å². The fourth-order valence-electron chi connectivity index (χ4n) is 3.37. The van der Waals surface area contributed by atoms with Gasteiger partial charge >= 0.3 is 0 Å². The summed E-state index contributed by atoms with van der Waals surface area (Å²) >= 11 is 1.80. The zero-order valence-corrected chi connectivity index (χ0v) is 14.7. The number of aromatic amines is 1. The normalized spacial score (nSPS) is 18.3. The van der Waals surface area contributed by atoms with Gasteiger partial charge in [-0.15, -0.1) is 11.3 Å². The smallest absolute Gasteiger partial charge is 0.251 e. The maximum atomic E-state index is 12.1. The minimum absolute atomic E-state index is 0.110. The highest BCUT2D eigenvalue weighted by Crippen LogP contribution is 2.27. The van der Waals surface area contributed by atoms with Crippen molar-refractivity contribution in [2.75, 3.05) is 13.1 Å². The van der Waals surface area contributed by atoms with Gasteiger partial charge in [-0.3, -0.25) is 14.7 Å². The topological polar surface area (TPSA) is 61.9 Å². The molecular weight excluding hydrogens is 332 g/mol. The minimum atomic E-state index is -0.110. The second kappa shape index (κ2) is 7.29. The number of likely N-dealkylation sites (tertiary alicyclic amines) is 1. The summed E-state index contributed by atoms with van der Waals surface area (Å²) in [6, 6.07) is 11.5. The van der Waals surface area contributed by atoms with Crippen molar-refractivity contribution in [1.82, 2.24) is 19.9 Å². The lowest BCUT2D eigenvalue weighted by atomic mass is 9.94. The number of nitrogens with zero attached hydrogens (tertiary/aromatic N) is 3. The number of aromatic nitrogens is 3. The number of hydrogen-bond acceptors (Lipinski definition) is 5. The monoisotopic (exact) mass is 352 g/mol. The predicted octanol–water partition coefficient (Wildman–Crippen LogP) is 3.27. The van der Waals surface area contributed by atoms with Gasteiger partial charge in [-0.1, -0.05) is 12.1 Å². The van der Waals surface area contributed by atoms with Crippen LogP contribution in [0.1, 0.15) is 29.3 Å². The van der Waals surface area contributed by atoms with Gasteiger partial charge in [0.2, 0.25) is 0 Å². The van der Waals surface area contributed by atoms with Crippen LogP contribution < -0.4 is 5.56 Å². The van der Waals surface area contributed by atoms with Gasteiger partial charge in [-0.2, -0.15) is 0 Å². The zero-order valence-electron chi connectivity index (χ0n) is 13.9. The van der Waals surface area contributed by atoms with E-state index in [4.69, 9.17) is 4.98 Å². The summed E-state index contributed by atoms with van der Waals surface area (Å²) in [7, 11) is 0. The van der Waals surface area contributed by atoms with Gasteiger partial charge in [0, 0.05) is 36.1 Å². The lowest BCUT2D eigenvalue weighted by Crippen LogP contribution is -2.34. The molecule has 1 aliphatic rings. The van der Waals surface area contributed by atoms with Gasteiger partial charge in [0.05, 0.1) is 5.69 Å². The van der Waals surface area contributed by atoms with E-state index in [0.717, 1.165) is 38.2 Å². The Bertz CT molecular complexity index is 876. The van der Waals surface area contributed by atoms with Crippen LogP contribution in [0.5, 0.6) is 0 Å². The molecule has 3 aromatic heterocycles. The highest BCUT2D eigenvalue weighted by atomic mass is 32.1. The fourth-order valence-corrected chi connectivity index (χ4v) is 4.12. The van der Waals surface area contributed by atoms with E-state index < -0.39 is 0 Å². The van der Waals surface area contributed by atoms with E-state index >= 15 is 0 Å². The molecule has 0 saturated carbocycles. The van der Waals surface area contributed by atoms with Crippen molar-refractivity contribution in [1.29, 1.82) is 0 Å². The zero-order chi connectivity index (χ0) is 17.1. The standard InChI is InChI=1S/C19H20N4OS/c24-18-11-17(21-19(22-18)16-7-1-2-8-20-16)14-5-3-9-23(12-14)13-15-6-4-10-25-15/h1-2,4,6-8,10-11,14H,3,5,9,12-13H2,(H,21,22,24). The summed E-state index contributed by atoms with van der Waals surface area (Å²) in [6.45, 7) is 3.02. The number of rotatable bonds is 4. The summed E-state index contributed by atoms with van der Waals surface area (Å²) in [5.74, 6) is 0.844. The largest absolute Gasteiger partial charge is 0.305 e. The lowest BCUT2D eigenvalue weighted by Gasteiger charge is -2.32. The number of piperidine rings is 1. The third-order valence-electron chi connectivity index (χ3n) is 4.55. The number of hydrogen-bond donors (Lipinski definition) is 1. The van der Waals surface area contributed by atoms with E-state index in [2.05, 4.69) is 32.4 Å². The summed E-state index contributed by atoms with van der Waals surface area (Å²) < 4.78 is 0. The second-order valence-corrected chi connectivity index (χ2v) is 7.42. The van der Waals surface area contributed by atoms with E-state index in [-0.39, 0.29) is 5.56 Å². The first-order valence-corrected chi connectivity index (χ1v) is 9.43. The molecule has 1 fully saturated rings. The van der Waals surface area contributed by atoms with Gasteiger partial charge < -0.3 is 4.98 Å². The van der Waals surface area contributed by atoms with Gasteiger partial charge in [-0.25, -0.2) is 4.98 Å². The first-order chi connectivity index (χ1) is 12.3. The third-order valence-corrected chi connectivity index (χ3v) is 5.41. The summed E-state index contributed by atoms with van der Waals surface area (Å²) in [5.41, 5.74) is 1.47. The molecule has 1 unspecified atom stereocenters. The average Bonchev–Trinajstić information content (AvgIpc) is 3.15. The Morgan fingerprint density at radius 3 is 3.04 bits per heavy atom.